The van der Waals surface area contributed by atoms with Gasteiger partial charge in [-0.1, -0.05) is 0 Å². The van der Waals surface area contributed by atoms with E-state index in [1.807, 2.05) is 13.2 Å². The summed E-state index contributed by atoms with van der Waals surface area (Å²) in [7, 11) is 3.71. The molecular formula is C11H17BrN2O. The highest BCUT2D eigenvalue weighted by Gasteiger charge is 2.07. The van der Waals surface area contributed by atoms with E-state index in [-0.39, 0.29) is 0 Å². The minimum atomic E-state index is 0.445. The van der Waals surface area contributed by atoms with Gasteiger partial charge in [-0.2, -0.15) is 0 Å². The number of halogens is 1. The van der Waals surface area contributed by atoms with Crippen LogP contribution in [0.25, 0.3) is 0 Å². The van der Waals surface area contributed by atoms with Crippen LogP contribution in [0.1, 0.15) is 12.0 Å². The molecule has 0 aliphatic rings. The molecule has 84 valence electrons. The standard InChI is InChI=1S/C11H17BrN2O/c1-13-11(3-4-15-2)6-9-5-10(12)8-14-7-9/h5,7-8,11,13H,3-4,6H2,1-2H3. The number of hydrogen-bond acceptors (Lipinski definition) is 3. The van der Waals surface area contributed by atoms with E-state index in [4.69, 9.17) is 4.74 Å². The predicted molar refractivity (Wildman–Crippen MR) is 65.0 cm³/mol. The molecule has 1 aromatic rings. The number of ether oxygens (including phenoxy) is 1. The van der Waals surface area contributed by atoms with Gasteiger partial charge in [0.25, 0.3) is 0 Å². The van der Waals surface area contributed by atoms with Gasteiger partial charge in [0.1, 0.15) is 0 Å². The molecule has 4 heteroatoms. The number of methoxy groups -OCH3 is 1. The lowest BCUT2D eigenvalue weighted by molar-refractivity contribution is 0.184. The van der Waals surface area contributed by atoms with Gasteiger partial charge >= 0.3 is 0 Å². The van der Waals surface area contributed by atoms with Gasteiger partial charge in [0, 0.05) is 36.6 Å². The molecule has 0 amide bonds. The van der Waals surface area contributed by atoms with E-state index >= 15 is 0 Å². The first-order chi connectivity index (χ1) is 7.26. The fraction of sp³-hybridized carbons (Fsp3) is 0.545. The van der Waals surface area contributed by atoms with Crippen molar-refractivity contribution in [2.75, 3.05) is 20.8 Å². The molecule has 1 rings (SSSR count). The van der Waals surface area contributed by atoms with E-state index in [1.54, 1.807) is 13.3 Å². The van der Waals surface area contributed by atoms with Gasteiger partial charge in [-0.15, -0.1) is 0 Å². The van der Waals surface area contributed by atoms with Crippen molar-refractivity contribution in [3.63, 3.8) is 0 Å². The summed E-state index contributed by atoms with van der Waals surface area (Å²) in [4.78, 5) is 4.15. The molecule has 0 aliphatic heterocycles. The van der Waals surface area contributed by atoms with Crippen LogP contribution in [0, 0.1) is 0 Å². The maximum atomic E-state index is 5.07. The molecule has 0 spiro atoms. The molecule has 0 fully saturated rings. The highest BCUT2D eigenvalue weighted by molar-refractivity contribution is 9.10. The van der Waals surface area contributed by atoms with E-state index in [0.717, 1.165) is 23.9 Å². The molecule has 1 aromatic heterocycles. The van der Waals surface area contributed by atoms with E-state index in [9.17, 15) is 0 Å². The van der Waals surface area contributed by atoms with Crippen LogP contribution in [0.4, 0.5) is 0 Å². The molecular weight excluding hydrogens is 256 g/mol. The van der Waals surface area contributed by atoms with Gasteiger partial charge in [0.05, 0.1) is 0 Å². The Morgan fingerprint density at radius 3 is 2.93 bits per heavy atom. The van der Waals surface area contributed by atoms with Gasteiger partial charge in [-0.25, -0.2) is 0 Å². The van der Waals surface area contributed by atoms with Crippen molar-refractivity contribution >= 4 is 15.9 Å². The Kier molecular flexibility index (Phi) is 5.83. The average Bonchev–Trinajstić information content (AvgIpc) is 2.24. The molecule has 1 atom stereocenters. The van der Waals surface area contributed by atoms with E-state index < -0.39 is 0 Å². The minimum Gasteiger partial charge on any atom is -0.385 e. The van der Waals surface area contributed by atoms with Crippen molar-refractivity contribution < 1.29 is 4.74 Å². The molecule has 3 nitrogen and oxygen atoms in total. The van der Waals surface area contributed by atoms with Crippen LogP contribution in [0.15, 0.2) is 22.9 Å². The number of nitrogens with zero attached hydrogens (tertiary/aromatic N) is 1. The maximum Gasteiger partial charge on any atom is 0.0477 e. The number of hydrogen-bond donors (Lipinski definition) is 1. The highest BCUT2D eigenvalue weighted by atomic mass is 79.9. The highest BCUT2D eigenvalue weighted by Crippen LogP contribution is 2.12. The number of rotatable bonds is 6. The van der Waals surface area contributed by atoms with Crippen LogP contribution in [0.5, 0.6) is 0 Å². The smallest absolute Gasteiger partial charge is 0.0477 e. The summed E-state index contributed by atoms with van der Waals surface area (Å²) in [5.41, 5.74) is 1.24. The third-order valence-electron chi connectivity index (χ3n) is 2.32. The topological polar surface area (TPSA) is 34.1 Å². The van der Waals surface area contributed by atoms with E-state index in [0.29, 0.717) is 6.04 Å². The first-order valence-corrected chi connectivity index (χ1v) is 5.81. The molecule has 0 bridgehead atoms. The van der Waals surface area contributed by atoms with Gasteiger partial charge in [-0.05, 0) is 47.4 Å². The average molecular weight is 273 g/mol. The molecule has 1 N–H and O–H groups in total. The molecule has 0 aliphatic carbocycles. The second-order valence-electron chi connectivity index (χ2n) is 3.48. The zero-order valence-corrected chi connectivity index (χ0v) is 10.8. The minimum absolute atomic E-state index is 0.445. The summed E-state index contributed by atoms with van der Waals surface area (Å²) in [6.07, 6.45) is 5.70. The van der Waals surface area contributed by atoms with Crippen LogP contribution in [0.3, 0.4) is 0 Å². The van der Waals surface area contributed by atoms with Crippen LogP contribution in [0.2, 0.25) is 0 Å². The summed E-state index contributed by atoms with van der Waals surface area (Å²) < 4.78 is 6.10. The zero-order chi connectivity index (χ0) is 11.1. The van der Waals surface area contributed by atoms with Crippen molar-refractivity contribution in [2.24, 2.45) is 0 Å². The Hall–Kier alpha value is -0.450. The molecule has 0 saturated carbocycles. The molecule has 0 radical (unpaired) electrons. The van der Waals surface area contributed by atoms with Crippen molar-refractivity contribution in [1.29, 1.82) is 0 Å². The van der Waals surface area contributed by atoms with Crippen LogP contribution in [-0.4, -0.2) is 31.8 Å². The Morgan fingerprint density at radius 2 is 2.33 bits per heavy atom. The van der Waals surface area contributed by atoms with Gasteiger partial charge in [-0.3, -0.25) is 4.98 Å². The van der Waals surface area contributed by atoms with Crippen molar-refractivity contribution in [1.82, 2.24) is 10.3 Å². The summed E-state index contributed by atoms with van der Waals surface area (Å²) in [6.45, 7) is 0.785. The normalized spacial score (nSPS) is 12.7. The lowest BCUT2D eigenvalue weighted by atomic mass is 10.1. The Morgan fingerprint density at radius 1 is 1.53 bits per heavy atom. The number of aromatic nitrogens is 1. The lowest BCUT2D eigenvalue weighted by Crippen LogP contribution is -2.28. The second kappa shape index (κ2) is 6.93. The third-order valence-corrected chi connectivity index (χ3v) is 2.76. The van der Waals surface area contributed by atoms with Crippen molar-refractivity contribution in [3.05, 3.63) is 28.5 Å². The van der Waals surface area contributed by atoms with Crippen LogP contribution in [-0.2, 0) is 11.2 Å². The molecule has 0 saturated heterocycles. The second-order valence-corrected chi connectivity index (χ2v) is 4.40. The van der Waals surface area contributed by atoms with Crippen molar-refractivity contribution in [2.45, 2.75) is 18.9 Å². The number of nitrogens with one attached hydrogen (secondary N) is 1. The Balaban J connectivity index is 2.50. The molecule has 1 unspecified atom stereocenters. The monoisotopic (exact) mass is 272 g/mol. The quantitative estimate of drug-likeness (QED) is 0.861. The SMILES string of the molecule is CNC(CCOC)Cc1cncc(Br)c1. The first-order valence-electron chi connectivity index (χ1n) is 5.02. The van der Waals surface area contributed by atoms with Gasteiger partial charge < -0.3 is 10.1 Å². The lowest BCUT2D eigenvalue weighted by Gasteiger charge is -2.15. The third kappa shape index (κ3) is 4.73. The number of pyridine rings is 1. The molecule has 0 aromatic carbocycles. The fourth-order valence-electron chi connectivity index (χ4n) is 1.46. The van der Waals surface area contributed by atoms with Crippen molar-refractivity contribution in [3.8, 4) is 0 Å². The predicted octanol–water partition coefficient (Wildman–Crippen LogP) is 2.01. The van der Waals surface area contributed by atoms with E-state index in [2.05, 4.69) is 32.3 Å². The Labute approximate surface area is 99.4 Å². The summed E-state index contributed by atoms with van der Waals surface area (Å²) >= 11 is 3.42. The summed E-state index contributed by atoms with van der Waals surface area (Å²) in [6, 6.07) is 2.55. The fourth-order valence-corrected chi connectivity index (χ4v) is 1.87. The molecule has 1 heterocycles. The summed E-state index contributed by atoms with van der Waals surface area (Å²) in [5.74, 6) is 0. The largest absolute Gasteiger partial charge is 0.385 e. The van der Waals surface area contributed by atoms with Gasteiger partial charge in [0.2, 0.25) is 0 Å². The molecule has 15 heavy (non-hydrogen) atoms. The Bertz CT molecular complexity index is 294. The number of likely N-dealkylation sites (N-methyl/N-ethyl adjacent to an activating group) is 1. The zero-order valence-electron chi connectivity index (χ0n) is 9.16. The van der Waals surface area contributed by atoms with Crippen LogP contribution < -0.4 is 5.32 Å². The van der Waals surface area contributed by atoms with Crippen LogP contribution >= 0.6 is 15.9 Å². The van der Waals surface area contributed by atoms with E-state index in [1.165, 1.54) is 5.56 Å². The summed E-state index contributed by atoms with van der Waals surface area (Å²) in [5, 5.41) is 3.28. The van der Waals surface area contributed by atoms with Gasteiger partial charge in [0.15, 0.2) is 0 Å². The maximum absolute atomic E-state index is 5.07. The first kappa shape index (κ1) is 12.6.